The van der Waals surface area contributed by atoms with Crippen LogP contribution in [0.2, 0.25) is 10.0 Å². The summed E-state index contributed by atoms with van der Waals surface area (Å²) >= 11 is 12.2. The Labute approximate surface area is 135 Å². The van der Waals surface area contributed by atoms with Crippen LogP contribution in [0, 0.1) is 0 Å². The molecule has 1 aliphatic rings. The number of hydrogen-bond acceptors (Lipinski definition) is 2. The molecule has 1 heterocycles. The summed E-state index contributed by atoms with van der Waals surface area (Å²) in [5.74, 6) is 1.00. The second-order valence-corrected chi connectivity index (χ2v) is 5.94. The van der Waals surface area contributed by atoms with E-state index in [0.717, 1.165) is 30.9 Å². The lowest BCUT2D eigenvalue weighted by atomic mass is 9.96. The fourth-order valence-electron chi connectivity index (χ4n) is 2.71. The summed E-state index contributed by atoms with van der Waals surface area (Å²) in [5.41, 5.74) is 3.61. The van der Waals surface area contributed by atoms with Crippen molar-refractivity contribution in [3.8, 4) is 5.75 Å². The largest absolute Gasteiger partial charge is 0.493 e. The van der Waals surface area contributed by atoms with E-state index in [0.29, 0.717) is 10.0 Å². The molecule has 21 heavy (non-hydrogen) atoms. The van der Waals surface area contributed by atoms with Crippen molar-refractivity contribution in [2.24, 2.45) is 0 Å². The predicted molar refractivity (Wildman–Crippen MR) is 87.6 cm³/mol. The van der Waals surface area contributed by atoms with Gasteiger partial charge in [-0.2, -0.15) is 0 Å². The third kappa shape index (κ3) is 3.03. The molecule has 0 spiro atoms. The normalized spacial score (nSPS) is 14.6. The summed E-state index contributed by atoms with van der Waals surface area (Å²) in [4.78, 5) is 0. The highest BCUT2D eigenvalue weighted by Crippen LogP contribution is 2.32. The number of benzene rings is 2. The molecular weight excluding hydrogens is 305 g/mol. The maximum atomic E-state index is 6.16. The Morgan fingerprint density at radius 1 is 1.10 bits per heavy atom. The molecule has 1 aliphatic heterocycles. The average molecular weight is 322 g/mol. The average Bonchev–Trinajstić information content (AvgIpc) is 2.95. The Hall–Kier alpha value is -1.22. The molecule has 0 bridgehead atoms. The van der Waals surface area contributed by atoms with E-state index in [1.807, 2.05) is 18.2 Å². The molecule has 2 aromatic rings. The third-order valence-corrected chi connectivity index (χ3v) is 4.47. The van der Waals surface area contributed by atoms with Gasteiger partial charge in [-0.1, -0.05) is 48.3 Å². The van der Waals surface area contributed by atoms with Crippen molar-refractivity contribution in [3.63, 3.8) is 0 Å². The lowest BCUT2D eigenvalue weighted by Gasteiger charge is -2.20. The lowest BCUT2D eigenvalue weighted by molar-refractivity contribution is 0.357. The summed E-state index contributed by atoms with van der Waals surface area (Å²) in [6.45, 7) is 3.75. The fourth-order valence-corrected chi connectivity index (χ4v) is 3.02. The second-order valence-electron chi connectivity index (χ2n) is 5.13. The molecule has 2 nitrogen and oxygen atoms in total. The van der Waals surface area contributed by atoms with Crippen molar-refractivity contribution in [1.82, 2.24) is 5.32 Å². The smallest absolute Gasteiger partial charge is 0.122 e. The van der Waals surface area contributed by atoms with Crippen LogP contribution in [-0.4, -0.2) is 13.2 Å². The van der Waals surface area contributed by atoms with Crippen molar-refractivity contribution in [2.75, 3.05) is 13.2 Å². The second kappa shape index (κ2) is 6.27. The quantitative estimate of drug-likeness (QED) is 0.886. The van der Waals surface area contributed by atoms with Crippen LogP contribution in [0.15, 0.2) is 36.4 Å². The van der Waals surface area contributed by atoms with E-state index >= 15 is 0 Å². The van der Waals surface area contributed by atoms with Gasteiger partial charge in [0.15, 0.2) is 0 Å². The zero-order valence-electron chi connectivity index (χ0n) is 11.8. The van der Waals surface area contributed by atoms with Gasteiger partial charge in [0.05, 0.1) is 22.7 Å². The number of nitrogens with one attached hydrogen (secondary N) is 1. The van der Waals surface area contributed by atoms with Crippen molar-refractivity contribution in [1.29, 1.82) is 0 Å². The first-order chi connectivity index (χ1) is 10.2. The van der Waals surface area contributed by atoms with E-state index in [4.69, 9.17) is 27.9 Å². The lowest BCUT2D eigenvalue weighted by Crippen LogP contribution is -2.22. The van der Waals surface area contributed by atoms with E-state index in [-0.39, 0.29) is 6.04 Å². The van der Waals surface area contributed by atoms with E-state index in [9.17, 15) is 0 Å². The van der Waals surface area contributed by atoms with Crippen LogP contribution in [0.5, 0.6) is 5.75 Å². The highest BCUT2D eigenvalue weighted by Gasteiger charge is 2.18. The summed E-state index contributed by atoms with van der Waals surface area (Å²) < 4.78 is 5.57. The minimum atomic E-state index is 0.107. The molecule has 2 aromatic carbocycles. The van der Waals surface area contributed by atoms with E-state index in [1.54, 1.807) is 0 Å². The predicted octanol–water partition coefficient (Wildman–Crippen LogP) is 4.63. The summed E-state index contributed by atoms with van der Waals surface area (Å²) in [7, 11) is 0. The van der Waals surface area contributed by atoms with Crippen LogP contribution in [-0.2, 0) is 6.42 Å². The number of halogens is 2. The van der Waals surface area contributed by atoms with Gasteiger partial charge in [0.1, 0.15) is 5.75 Å². The van der Waals surface area contributed by atoms with E-state index in [1.165, 1.54) is 11.1 Å². The first kappa shape index (κ1) is 14.7. The molecular formula is C17H17Cl2NO. The van der Waals surface area contributed by atoms with Crippen LogP contribution in [0.1, 0.15) is 29.7 Å². The molecule has 0 fully saturated rings. The first-order valence-corrected chi connectivity index (χ1v) is 7.88. The summed E-state index contributed by atoms with van der Waals surface area (Å²) in [6.07, 6.45) is 0.976. The van der Waals surface area contributed by atoms with Crippen LogP contribution >= 0.6 is 23.2 Å². The van der Waals surface area contributed by atoms with Gasteiger partial charge < -0.3 is 10.1 Å². The van der Waals surface area contributed by atoms with Gasteiger partial charge in [-0.15, -0.1) is 0 Å². The monoisotopic (exact) mass is 321 g/mol. The number of hydrogen-bond donors (Lipinski definition) is 1. The molecule has 0 saturated carbocycles. The van der Waals surface area contributed by atoms with Crippen molar-refractivity contribution in [3.05, 3.63) is 63.1 Å². The van der Waals surface area contributed by atoms with Gasteiger partial charge in [-0.25, -0.2) is 0 Å². The number of rotatable bonds is 4. The molecule has 1 atom stereocenters. The molecule has 1 N–H and O–H groups in total. The minimum absolute atomic E-state index is 0.107. The number of fused-ring (bicyclic) bond motifs is 1. The van der Waals surface area contributed by atoms with Gasteiger partial charge in [-0.05, 0) is 41.4 Å². The van der Waals surface area contributed by atoms with E-state index in [2.05, 4.69) is 30.4 Å². The molecule has 3 rings (SSSR count). The van der Waals surface area contributed by atoms with Gasteiger partial charge in [0, 0.05) is 6.42 Å². The molecule has 0 aliphatic carbocycles. The van der Waals surface area contributed by atoms with Crippen molar-refractivity contribution < 1.29 is 4.74 Å². The van der Waals surface area contributed by atoms with Crippen molar-refractivity contribution in [2.45, 2.75) is 19.4 Å². The first-order valence-electron chi connectivity index (χ1n) is 7.13. The minimum Gasteiger partial charge on any atom is -0.493 e. The highest BCUT2D eigenvalue weighted by molar-refractivity contribution is 6.42. The zero-order valence-corrected chi connectivity index (χ0v) is 13.3. The van der Waals surface area contributed by atoms with Gasteiger partial charge in [0.25, 0.3) is 0 Å². The molecule has 4 heteroatoms. The Balaban J connectivity index is 1.99. The standard InChI is InChI=1S/C17H17Cl2NO/c1-2-20-17(13-3-5-14(18)15(19)10-13)12-4-6-16-11(9-12)7-8-21-16/h3-6,9-10,17,20H,2,7-8H2,1H3. The molecule has 1 unspecified atom stereocenters. The maximum Gasteiger partial charge on any atom is 0.122 e. The van der Waals surface area contributed by atoms with E-state index < -0.39 is 0 Å². The fraction of sp³-hybridized carbons (Fsp3) is 0.294. The Kier molecular flexibility index (Phi) is 4.39. The van der Waals surface area contributed by atoms with Crippen LogP contribution < -0.4 is 10.1 Å². The molecule has 0 radical (unpaired) electrons. The Bertz CT molecular complexity index is 657. The highest BCUT2D eigenvalue weighted by atomic mass is 35.5. The van der Waals surface area contributed by atoms with Gasteiger partial charge >= 0.3 is 0 Å². The van der Waals surface area contributed by atoms with Crippen LogP contribution in [0.25, 0.3) is 0 Å². The third-order valence-electron chi connectivity index (χ3n) is 3.73. The maximum absolute atomic E-state index is 6.16. The summed E-state index contributed by atoms with van der Waals surface area (Å²) in [6, 6.07) is 12.3. The zero-order chi connectivity index (χ0) is 14.8. The molecule has 0 amide bonds. The Morgan fingerprint density at radius 3 is 2.62 bits per heavy atom. The molecule has 0 saturated heterocycles. The van der Waals surface area contributed by atoms with Crippen molar-refractivity contribution >= 4 is 23.2 Å². The van der Waals surface area contributed by atoms with Gasteiger partial charge in [0.2, 0.25) is 0 Å². The topological polar surface area (TPSA) is 21.3 Å². The van der Waals surface area contributed by atoms with Crippen LogP contribution in [0.3, 0.4) is 0 Å². The summed E-state index contributed by atoms with van der Waals surface area (Å²) in [5, 5.41) is 4.68. The Morgan fingerprint density at radius 2 is 1.86 bits per heavy atom. The molecule has 110 valence electrons. The molecule has 0 aromatic heterocycles. The SMILES string of the molecule is CCNC(c1ccc(Cl)c(Cl)c1)c1ccc2c(c1)CCO2. The van der Waals surface area contributed by atoms with Gasteiger partial charge in [-0.3, -0.25) is 0 Å². The van der Waals surface area contributed by atoms with Crippen LogP contribution in [0.4, 0.5) is 0 Å². The number of ether oxygens (including phenoxy) is 1.